The van der Waals surface area contributed by atoms with Gasteiger partial charge in [0.2, 0.25) is 0 Å². The van der Waals surface area contributed by atoms with Gasteiger partial charge in [-0.2, -0.15) is 0 Å². The standard InChI is InChI=1S/C14H20N2O2/c1-16(2)10-11-9-15-14-5-4-12(8-13(11)14)18-7-6-17-3/h4-5,8-9,15H,6-7,10H2,1-3H3. The van der Waals surface area contributed by atoms with Crippen LogP contribution in [0.3, 0.4) is 0 Å². The van der Waals surface area contributed by atoms with Gasteiger partial charge in [-0.05, 0) is 37.9 Å². The van der Waals surface area contributed by atoms with Gasteiger partial charge in [0, 0.05) is 30.8 Å². The molecule has 2 rings (SSSR count). The van der Waals surface area contributed by atoms with E-state index in [4.69, 9.17) is 9.47 Å². The summed E-state index contributed by atoms with van der Waals surface area (Å²) in [6, 6.07) is 6.12. The molecule has 0 aliphatic carbocycles. The summed E-state index contributed by atoms with van der Waals surface area (Å²) in [5.74, 6) is 0.888. The lowest BCUT2D eigenvalue weighted by Gasteiger charge is -2.09. The third-order valence-electron chi connectivity index (χ3n) is 2.78. The van der Waals surface area contributed by atoms with E-state index in [0.717, 1.165) is 17.8 Å². The first kappa shape index (κ1) is 12.9. The highest BCUT2D eigenvalue weighted by molar-refractivity contribution is 5.84. The first-order valence-electron chi connectivity index (χ1n) is 6.07. The number of hydrogen-bond acceptors (Lipinski definition) is 3. The molecule has 0 saturated carbocycles. The number of nitrogens with one attached hydrogen (secondary N) is 1. The summed E-state index contributed by atoms with van der Waals surface area (Å²) in [4.78, 5) is 5.43. The van der Waals surface area contributed by atoms with Crippen LogP contribution in [0, 0.1) is 0 Å². The minimum atomic E-state index is 0.579. The number of fused-ring (bicyclic) bond motifs is 1. The number of benzene rings is 1. The van der Waals surface area contributed by atoms with Crippen molar-refractivity contribution < 1.29 is 9.47 Å². The van der Waals surface area contributed by atoms with Crippen molar-refractivity contribution in [1.29, 1.82) is 0 Å². The monoisotopic (exact) mass is 248 g/mol. The number of aromatic nitrogens is 1. The van der Waals surface area contributed by atoms with Gasteiger partial charge < -0.3 is 19.4 Å². The maximum Gasteiger partial charge on any atom is 0.120 e. The quantitative estimate of drug-likeness (QED) is 0.797. The van der Waals surface area contributed by atoms with E-state index < -0.39 is 0 Å². The Morgan fingerprint density at radius 1 is 1.22 bits per heavy atom. The first-order valence-corrected chi connectivity index (χ1v) is 6.07. The molecule has 0 aliphatic heterocycles. The lowest BCUT2D eigenvalue weighted by molar-refractivity contribution is 0.146. The Morgan fingerprint density at radius 3 is 2.78 bits per heavy atom. The Labute approximate surface area is 107 Å². The molecule has 1 aromatic carbocycles. The lowest BCUT2D eigenvalue weighted by atomic mass is 10.1. The summed E-state index contributed by atoms with van der Waals surface area (Å²) in [6.45, 7) is 2.10. The Hall–Kier alpha value is -1.52. The number of H-pyrrole nitrogens is 1. The maximum absolute atomic E-state index is 5.63. The molecule has 18 heavy (non-hydrogen) atoms. The molecule has 0 aliphatic rings. The summed E-state index contributed by atoms with van der Waals surface area (Å²) in [5, 5.41) is 1.22. The fraction of sp³-hybridized carbons (Fsp3) is 0.429. The predicted molar refractivity (Wildman–Crippen MR) is 73.1 cm³/mol. The number of hydrogen-bond donors (Lipinski definition) is 1. The second-order valence-electron chi connectivity index (χ2n) is 4.60. The van der Waals surface area contributed by atoms with Crippen LogP contribution in [0.1, 0.15) is 5.56 Å². The van der Waals surface area contributed by atoms with Crippen LogP contribution in [-0.4, -0.2) is 44.3 Å². The molecule has 1 aromatic heterocycles. The van der Waals surface area contributed by atoms with Crippen LogP contribution in [0.4, 0.5) is 0 Å². The molecule has 1 N–H and O–H groups in total. The number of aromatic amines is 1. The second-order valence-corrected chi connectivity index (χ2v) is 4.60. The predicted octanol–water partition coefficient (Wildman–Crippen LogP) is 2.25. The Balaban J connectivity index is 2.19. The molecule has 0 bridgehead atoms. The summed E-state index contributed by atoms with van der Waals surface area (Å²) in [5.41, 5.74) is 2.43. The highest BCUT2D eigenvalue weighted by atomic mass is 16.5. The van der Waals surface area contributed by atoms with Crippen molar-refractivity contribution in [2.24, 2.45) is 0 Å². The summed E-state index contributed by atoms with van der Waals surface area (Å²) < 4.78 is 10.6. The molecule has 98 valence electrons. The topological polar surface area (TPSA) is 37.5 Å². The van der Waals surface area contributed by atoms with E-state index in [1.54, 1.807) is 7.11 Å². The van der Waals surface area contributed by atoms with Crippen molar-refractivity contribution in [3.63, 3.8) is 0 Å². The van der Waals surface area contributed by atoms with Crippen LogP contribution in [0.2, 0.25) is 0 Å². The van der Waals surface area contributed by atoms with Gasteiger partial charge in [0.05, 0.1) is 6.61 Å². The van der Waals surface area contributed by atoms with Crippen molar-refractivity contribution in [1.82, 2.24) is 9.88 Å². The molecular formula is C14H20N2O2. The highest BCUT2D eigenvalue weighted by Gasteiger charge is 2.06. The summed E-state index contributed by atoms with van der Waals surface area (Å²) in [7, 11) is 5.81. The Bertz CT molecular complexity index is 505. The van der Waals surface area contributed by atoms with Crippen molar-refractivity contribution in [2.45, 2.75) is 6.54 Å². The van der Waals surface area contributed by atoms with Crippen molar-refractivity contribution >= 4 is 10.9 Å². The number of ether oxygens (including phenoxy) is 2. The van der Waals surface area contributed by atoms with E-state index in [2.05, 4.69) is 42.3 Å². The van der Waals surface area contributed by atoms with E-state index in [1.165, 1.54) is 10.9 Å². The molecule has 0 radical (unpaired) electrons. The Morgan fingerprint density at radius 2 is 2.06 bits per heavy atom. The van der Waals surface area contributed by atoms with E-state index in [1.807, 2.05) is 6.07 Å². The van der Waals surface area contributed by atoms with Crippen LogP contribution in [0.5, 0.6) is 5.75 Å². The van der Waals surface area contributed by atoms with Crippen LogP contribution in [-0.2, 0) is 11.3 Å². The average Bonchev–Trinajstić information content (AvgIpc) is 2.72. The highest BCUT2D eigenvalue weighted by Crippen LogP contribution is 2.24. The van der Waals surface area contributed by atoms with Gasteiger partial charge >= 0.3 is 0 Å². The van der Waals surface area contributed by atoms with Crippen LogP contribution < -0.4 is 4.74 Å². The number of methoxy groups -OCH3 is 1. The van der Waals surface area contributed by atoms with Gasteiger partial charge in [0.15, 0.2) is 0 Å². The van der Waals surface area contributed by atoms with Gasteiger partial charge in [-0.15, -0.1) is 0 Å². The molecule has 0 atom stereocenters. The molecule has 0 unspecified atom stereocenters. The molecule has 0 saturated heterocycles. The largest absolute Gasteiger partial charge is 0.491 e. The van der Waals surface area contributed by atoms with Crippen LogP contribution in [0.15, 0.2) is 24.4 Å². The van der Waals surface area contributed by atoms with Crippen molar-refractivity contribution in [3.05, 3.63) is 30.0 Å². The normalized spacial score (nSPS) is 11.3. The van der Waals surface area contributed by atoms with Gasteiger partial charge in [-0.3, -0.25) is 0 Å². The zero-order chi connectivity index (χ0) is 13.0. The van der Waals surface area contributed by atoms with E-state index >= 15 is 0 Å². The maximum atomic E-state index is 5.63. The summed E-state index contributed by atoms with van der Waals surface area (Å²) >= 11 is 0. The molecule has 4 nitrogen and oxygen atoms in total. The van der Waals surface area contributed by atoms with Crippen molar-refractivity contribution in [3.8, 4) is 5.75 Å². The van der Waals surface area contributed by atoms with Gasteiger partial charge in [-0.25, -0.2) is 0 Å². The molecule has 2 aromatic rings. The second kappa shape index (κ2) is 5.89. The lowest BCUT2D eigenvalue weighted by Crippen LogP contribution is -2.10. The SMILES string of the molecule is COCCOc1ccc2[nH]cc(CN(C)C)c2c1. The number of nitrogens with zero attached hydrogens (tertiary/aromatic N) is 1. The molecular weight excluding hydrogens is 228 g/mol. The number of rotatable bonds is 6. The van der Waals surface area contributed by atoms with E-state index in [9.17, 15) is 0 Å². The van der Waals surface area contributed by atoms with Crippen LogP contribution >= 0.6 is 0 Å². The minimum absolute atomic E-state index is 0.579. The van der Waals surface area contributed by atoms with Gasteiger partial charge in [0.25, 0.3) is 0 Å². The molecule has 0 amide bonds. The molecule has 4 heteroatoms. The minimum Gasteiger partial charge on any atom is -0.491 e. The molecule has 0 fully saturated rings. The first-order chi connectivity index (χ1) is 8.70. The van der Waals surface area contributed by atoms with E-state index in [0.29, 0.717) is 13.2 Å². The third kappa shape index (κ3) is 3.03. The Kier molecular flexibility index (Phi) is 4.23. The third-order valence-corrected chi connectivity index (χ3v) is 2.78. The van der Waals surface area contributed by atoms with Crippen LogP contribution in [0.25, 0.3) is 10.9 Å². The fourth-order valence-electron chi connectivity index (χ4n) is 1.96. The van der Waals surface area contributed by atoms with E-state index in [-0.39, 0.29) is 0 Å². The zero-order valence-electron chi connectivity index (χ0n) is 11.2. The van der Waals surface area contributed by atoms with Gasteiger partial charge in [-0.1, -0.05) is 0 Å². The molecule has 0 spiro atoms. The zero-order valence-corrected chi connectivity index (χ0v) is 11.2. The van der Waals surface area contributed by atoms with Crippen molar-refractivity contribution in [2.75, 3.05) is 34.4 Å². The summed E-state index contributed by atoms with van der Waals surface area (Å²) in [6.07, 6.45) is 2.06. The smallest absolute Gasteiger partial charge is 0.120 e. The fourth-order valence-corrected chi connectivity index (χ4v) is 1.96. The average molecular weight is 248 g/mol. The molecule has 1 heterocycles. The van der Waals surface area contributed by atoms with Gasteiger partial charge in [0.1, 0.15) is 12.4 Å².